The van der Waals surface area contributed by atoms with Crippen molar-refractivity contribution in [3.05, 3.63) is 59.4 Å². The lowest BCUT2D eigenvalue weighted by molar-refractivity contribution is 0.102. The molecule has 6 heteroatoms. The van der Waals surface area contributed by atoms with E-state index in [1.54, 1.807) is 6.92 Å². The highest BCUT2D eigenvalue weighted by Gasteiger charge is 2.10. The Balaban J connectivity index is 2.18. The number of amides is 1. The van der Waals surface area contributed by atoms with E-state index in [0.29, 0.717) is 16.8 Å². The molecule has 0 spiro atoms. The Morgan fingerprint density at radius 2 is 1.71 bits per heavy atom. The van der Waals surface area contributed by atoms with E-state index in [1.807, 2.05) is 0 Å². The number of sulfone groups is 1. The van der Waals surface area contributed by atoms with Crippen molar-refractivity contribution in [1.29, 1.82) is 0 Å². The zero-order valence-corrected chi connectivity index (χ0v) is 12.4. The molecule has 0 aliphatic heterocycles. The lowest BCUT2D eigenvalue weighted by atomic mass is 10.1. The van der Waals surface area contributed by atoms with Gasteiger partial charge in [-0.2, -0.15) is 0 Å². The average Bonchev–Trinajstić information content (AvgIpc) is 2.41. The fourth-order valence-corrected chi connectivity index (χ4v) is 2.41. The van der Waals surface area contributed by atoms with E-state index in [9.17, 15) is 17.6 Å². The number of carbonyl (C=O) groups excluding carboxylic acids is 1. The highest BCUT2D eigenvalue weighted by molar-refractivity contribution is 7.90. The molecule has 0 saturated heterocycles. The van der Waals surface area contributed by atoms with Crippen LogP contribution in [-0.2, 0) is 9.84 Å². The van der Waals surface area contributed by atoms with Crippen LogP contribution in [0.1, 0.15) is 15.9 Å². The maximum Gasteiger partial charge on any atom is 0.255 e. The van der Waals surface area contributed by atoms with Crippen LogP contribution in [0.5, 0.6) is 0 Å². The van der Waals surface area contributed by atoms with Gasteiger partial charge in [0.25, 0.3) is 5.91 Å². The second-order valence-electron chi connectivity index (χ2n) is 4.71. The first-order valence-electron chi connectivity index (χ1n) is 6.15. The second-order valence-corrected chi connectivity index (χ2v) is 6.73. The topological polar surface area (TPSA) is 63.2 Å². The van der Waals surface area contributed by atoms with Gasteiger partial charge in [0.1, 0.15) is 5.82 Å². The van der Waals surface area contributed by atoms with Crippen LogP contribution in [0, 0.1) is 12.7 Å². The van der Waals surface area contributed by atoms with Crippen molar-refractivity contribution in [2.24, 2.45) is 0 Å². The summed E-state index contributed by atoms with van der Waals surface area (Å²) in [5, 5.41) is 2.63. The van der Waals surface area contributed by atoms with Crippen molar-refractivity contribution >= 4 is 21.4 Å². The Kier molecular flexibility index (Phi) is 4.09. The van der Waals surface area contributed by atoms with Crippen LogP contribution >= 0.6 is 0 Å². The first kappa shape index (κ1) is 15.2. The second kappa shape index (κ2) is 5.65. The maximum atomic E-state index is 13.2. The van der Waals surface area contributed by atoms with E-state index in [4.69, 9.17) is 0 Å². The van der Waals surface area contributed by atoms with Gasteiger partial charge in [-0.1, -0.05) is 0 Å². The smallest absolute Gasteiger partial charge is 0.255 e. The molecule has 1 amide bonds. The summed E-state index contributed by atoms with van der Waals surface area (Å²) < 4.78 is 35.8. The number of hydrogen-bond donors (Lipinski definition) is 1. The van der Waals surface area contributed by atoms with Gasteiger partial charge in [-0.25, -0.2) is 12.8 Å². The Bertz CT molecular complexity index is 783. The van der Waals surface area contributed by atoms with Crippen LogP contribution in [0.25, 0.3) is 0 Å². The lowest BCUT2D eigenvalue weighted by Gasteiger charge is -2.07. The van der Waals surface area contributed by atoms with Crippen LogP contribution in [0.15, 0.2) is 47.4 Å². The Hall–Kier alpha value is -2.21. The molecule has 0 saturated carbocycles. The molecule has 0 radical (unpaired) electrons. The average molecular weight is 307 g/mol. The lowest BCUT2D eigenvalue weighted by Crippen LogP contribution is -2.12. The third-order valence-electron chi connectivity index (χ3n) is 2.96. The van der Waals surface area contributed by atoms with Crippen molar-refractivity contribution in [2.45, 2.75) is 11.8 Å². The van der Waals surface area contributed by atoms with E-state index in [2.05, 4.69) is 5.32 Å². The Morgan fingerprint density at radius 3 is 2.24 bits per heavy atom. The van der Waals surface area contributed by atoms with Crippen LogP contribution < -0.4 is 5.32 Å². The van der Waals surface area contributed by atoms with E-state index >= 15 is 0 Å². The number of nitrogens with one attached hydrogen (secondary N) is 1. The molecule has 0 aliphatic carbocycles. The molecule has 2 aromatic rings. The molecule has 0 unspecified atom stereocenters. The van der Waals surface area contributed by atoms with E-state index < -0.39 is 9.84 Å². The molecular weight excluding hydrogens is 293 g/mol. The molecule has 0 heterocycles. The van der Waals surface area contributed by atoms with Gasteiger partial charge in [0.2, 0.25) is 0 Å². The quantitative estimate of drug-likeness (QED) is 0.948. The van der Waals surface area contributed by atoms with Gasteiger partial charge in [-0.05, 0) is 55.0 Å². The Labute approximate surface area is 122 Å². The molecule has 4 nitrogen and oxygen atoms in total. The largest absolute Gasteiger partial charge is 0.322 e. The summed E-state index contributed by atoms with van der Waals surface area (Å²) in [7, 11) is -3.26. The minimum atomic E-state index is -3.26. The summed E-state index contributed by atoms with van der Waals surface area (Å²) in [6.07, 6.45) is 1.11. The number of halogens is 1. The maximum absolute atomic E-state index is 13.2. The molecule has 21 heavy (non-hydrogen) atoms. The minimum Gasteiger partial charge on any atom is -0.322 e. The standard InChI is InChI=1S/C15H14FNO3S/c1-10-9-11(3-8-14(10)16)15(18)17-12-4-6-13(7-5-12)21(2,19)20/h3-9H,1-2H3,(H,17,18). The van der Waals surface area contributed by atoms with Gasteiger partial charge in [-0.3, -0.25) is 4.79 Å². The molecule has 0 bridgehead atoms. The molecular formula is C15H14FNO3S. The number of aryl methyl sites for hydroxylation is 1. The van der Waals surface area contributed by atoms with Crippen LogP contribution in [0.2, 0.25) is 0 Å². The van der Waals surface area contributed by atoms with E-state index in [-0.39, 0.29) is 16.6 Å². The third kappa shape index (κ3) is 3.66. The summed E-state index contributed by atoms with van der Waals surface area (Å²) in [4.78, 5) is 12.2. The first-order valence-corrected chi connectivity index (χ1v) is 8.04. The normalized spacial score (nSPS) is 11.2. The van der Waals surface area contributed by atoms with E-state index in [0.717, 1.165) is 6.26 Å². The van der Waals surface area contributed by atoms with Crippen molar-refractivity contribution in [3.63, 3.8) is 0 Å². The van der Waals surface area contributed by atoms with Gasteiger partial charge in [0.05, 0.1) is 4.90 Å². The molecule has 110 valence electrons. The molecule has 0 atom stereocenters. The van der Waals surface area contributed by atoms with Crippen molar-refractivity contribution in [3.8, 4) is 0 Å². The summed E-state index contributed by atoms with van der Waals surface area (Å²) in [6, 6.07) is 9.92. The Morgan fingerprint density at radius 1 is 1.10 bits per heavy atom. The summed E-state index contributed by atoms with van der Waals surface area (Å²) in [5.74, 6) is -0.755. The van der Waals surface area contributed by atoms with Crippen molar-refractivity contribution in [1.82, 2.24) is 0 Å². The molecule has 1 N–H and O–H groups in total. The summed E-state index contributed by atoms with van der Waals surface area (Å²) in [5.41, 5.74) is 1.19. The van der Waals surface area contributed by atoms with E-state index in [1.165, 1.54) is 42.5 Å². The number of carbonyl (C=O) groups is 1. The SMILES string of the molecule is Cc1cc(C(=O)Nc2ccc(S(C)(=O)=O)cc2)ccc1F. The number of anilines is 1. The fraction of sp³-hybridized carbons (Fsp3) is 0.133. The highest BCUT2D eigenvalue weighted by Crippen LogP contribution is 2.16. The van der Waals surface area contributed by atoms with Crippen molar-refractivity contribution < 1.29 is 17.6 Å². The van der Waals surface area contributed by atoms with Crippen LogP contribution in [0.3, 0.4) is 0 Å². The monoisotopic (exact) mass is 307 g/mol. The molecule has 0 aromatic heterocycles. The summed E-state index contributed by atoms with van der Waals surface area (Å²) >= 11 is 0. The first-order chi connectivity index (χ1) is 9.77. The zero-order valence-electron chi connectivity index (χ0n) is 11.6. The number of rotatable bonds is 3. The molecule has 0 fully saturated rings. The van der Waals surface area contributed by atoms with Gasteiger partial charge >= 0.3 is 0 Å². The van der Waals surface area contributed by atoms with Crippen LogP contribution in [0.4, 0.5) is 10.1 Å². The van der Waals surface area contributed by atoms with Gasteiger partial charge in [-0.15, -0.1) is 0 Å². The zero-order chi connectivity index (χ0) is 15.6. The predicted octanol–water partition coefficient (Wildman–Crippen LogP) is 2.79. The molecule has 2 rings (SSSR count). The minimum absolute atomic E-state index is 0.179. The molecule has 2 aromatic carbocycles. The van der Waals surface area contributed by atoms with Gasteiger partial charge < -0.3 is 5.32 Å². The van der Waals surface area contributed by atoms with Gasteiger partial charge in [0, 0.05) is 17.5 Å². The van der Waals surface area contributed by atoms with Gasteiger partial charge in [0.15, 0.2) is 9.84 Å². The molecule has 0 aliphatic rings. The predicted molar refractivity (Wildman–Crippen MR) is 78.6 cm³/mol. The number of benzene rings is 2. The summed E-state index contributed by atoms with van der Waals surface area (Å²) in [6.45, 7) is 1.58. The van der Waals surface area contributed by atoms with Crippen LogP contribution in [-0.4, -0.2) is 20.6 Å². The fourth-order valence-electron chi connectivity index (χ4n) is 1.77. The number of hydrogen-bond acceptors (Lipinski definition) is 3. The highest BCUT2D eigenvalue weighted by atomic mass is 32.2. The third-order valence-corrected chi connectivity index (χ3v) is 4.09. The van der Waals surface area contributed by atoms with Crippen molar-refractivity contribution in [2.75, 3.05) is 11.6 Å².